The molecule has 1 saturated heterocycles. The van der Waals surface area contributed by atoms with E-state index >= 15 is 0 Å². The van der Waals surface area contributed by atoms with Crippen LogP contribution in [0.2, 0.25) is 0 Å². The predicted octanol–water partition coefficient (Wildman–Crippen LogP) is 3.54. The van der Waals surface area contributed by atoms with E-state index in [2.05, 4.69) is 10.6 Å². The van der Waals surface area contributed by atoms with Crippen LogP contribution >= 0.6 is 11.3 Å². The number of esters is 1. The van der Waals surface area contributed by atoms with Crippen molar-refractivity contribution in [3.8, 4) is 5.75 Å². The van der Waals surface area contributed by atoms with E-state index in [4.69, 9.17) is 9.47 Å². The molecular weight excluding hydrogens is 458 g/mol. The van der Waals surface area contributed by atoms with Crippen LogP contribution in [-0.4, -0.2) is 49.0 Å². The van der Waals surface area contributed by atoms with E-state index in [9.17, 15) is 19.2 Å². The first kappa shape index (κ1) is 25.2. The molecule has 1 aliphatic rings. The molecule has 0 aliphatic carbocycles. The molecule has 9 nitrogen and oxygen atoms in total. The van der Waals surface area contributed by atoms with Crippen LogP contribution in [0.25, 0.3) is 0 Å². The molecule has 3 rings (SSSR count). The Morgan fingerprint density at radius 3 is 2.65 bits per heavy atom. The maximum atomic E-state index is 13.2. The third kappa shape index (κ3) is 5.06. The minimum absolute atomic E-state index is 0.203. The van der Waals surface area contributed by atoms with Gasteiger partial charge in [-0.15, -0.1) is 11.3 Å². The van der Waals surface area contributed by atoms with Crippen LogP contribution < -0.4 is 15.4 Å². The molecule has 0 saturated carbocycles. The van der Waals surface area contributed by atoms with Gasteiger partial charge in [-0.2, -0.15) is 0 Å². The fourth-order valence-corrected chi connectivity index (χ4v) is 4.76. The summed E-state index contributed by atoms with van der Waals surface area (Å²) in [6, 6.07) is 6.14. The first-order valence-corrected chi connectivity index (χ1v) is 11.8. The summed E-state index contributed by atoms with van der Waals surface area (Å²) in [7, 11) is 1.51. The molecule has 1 atom stereocenters. The number of methoxy groups -OCH3 is 1. The normalized spacial score (nSPS) is 17.6. The number of anilines is 1. The first-order valence-electron chi connectivity index (χ1n) is 11.0. The second-order valence-corrected chi connectivity index (χ2v) is 9.39. The Morgan fingerprint density at radius 2 is 2.00 bits per heavy atom. The highest BCUT2D eigenvalue weighted by atomic mass is 32.1. The quantitative estimate of drug-likeness (QED) is 0.413. The van der Waals surface area contributed by atoms with Gasteiger partial charge in [0.25, 0.3) is 5.91 Å². The third-order valence-corrected chi connectivity index (χ3v) is 6.40. The number of thiophene rings is 1. The van der Waals surface area contributed by atoms with Gasteiger partial charge in [0.05, 0.1) is 19.3 Å². The highest BCUT2D eigenvalue weighted by Crippen LogP contribution is 2.33. The van der Waals surface area contributed by atoms with Gasteiger partial charge < -0.3 is 20.1 Å². The zero-order valence-corrected chi connectivity index (χ0v) is 20.7. The number of imide groups is 1. The Hall–Kier alpha value is -3.40. The largest absolute Gasteiger partial charge is 0.497 e. The molecule has 1 aromatic carbocycles. The van der Waals surface area contributed by atoms with Crippen LogP contribution in [0.5, 0.6) is 5.75 Å². The monoisotopic (exact) mass is 487 g/mol. The molecule has 4 amide bonds. The predicted molar refractivity (Wildman–Crippen MR) is 128 cm³/mol. The van der Waals surface area contributed by atoms with Gasteiger partial charge in [-0.3, -0.25) is 14.5 Å². The van der Waals surface area contributed by atoms with Crippen molar-refractivity contribution in [1.82, 2.24) is 10.2 Å². The van der Waals surface area contributed by atoms with Gasteiger partial charge in [-0.1, -0.05) is 26.0 Å². The molecule has 34 heavy (non-hydrogen) atoms. The zero-order chi connectivity index (χ0) is 25.0. The average Bonchev–Trinajstić information content (AvgIpc) is 3.27. The van der Waals surface area contributed by atoms with E-state index in [-0.39, 0.29) is 6.61 Å². The minimum atomic E-state index is -1.34. The fraction of sp³-hybridized carbons (Fsp3) is 0.417. The number of benzene rings is 1. The van der Waals surface area contributed by atoms with E-state index in [0.717, 1.165) is 10.5 Å². The van der Waals surface area contributed by atoms with Gasteiger partial charge in [0.2, 0.25) is 5.91 Å². The van der Waals surface area contributed by atoms with Crippen molar-refractivity contribution in [3.05, 3.63) is 46.3 Å². The van der Waals surface area contributed by atoms with E-state index in [1.807, 2.05) is 19.2 Å². The number of nitrogens with one attached hydrogen (secondary N) is 2. The number of ether oxygens (including phenoxy) is 2. The molecule has 2 aromatic rings. The number of nitrogens with zero attached hydrogens (tertiary/aromatic N) is 1. The van der Waals surface area contributed by atoms with Gasteiger partial charge in [-0.25, -0.2) is 9.59 Å². The first-order chi connectivity index (χ1) is 16.1. The van der Waals surface area contributed by atoms with Crippen molar-refractivity contribution >= 4 is 40.2 Å². The third-order valence-electron chi connectivity index (χ3n) is 5.45. The summed E-state index contributed by atoms with van der Waals surface area (Å²) < 4.78 is 10.4. The standard InChI is InChI=1S/C24H29N3O6S/c1-6-33-21(29)19-15(10-14(2)3)13-34-20(19)25-18(28)12-27-22(30)24(4,26-23(27)31)16-8-7-9-17(11-16)32-5/h7-9,11,13-14H,6,10,12H2,1-5H3,(H,25,28)(H,26,31). The molecular formula is C24H29N3O6S. The lowest BCUT2D eigenvalue weighted by molar-refractivity contribution is -0.133. The highest BCUT2D eigenvalue weighted by molar-refractivity contribution is 7.15. The van der Waals surface area contributed by atoms with Crippen LogP contribution in [-0.2, 0) is 26.3 Å². The molecule has 2 heterocycles. The Labute approximate surface area is 202 Å². The summed E-state index contributed by atoms with van der Waals surface area (Å²) in [5.74, 6) is -0.833. The molecule has 0 spiro atoms. The lowest BCUT2D eigenvalue weighted by atomic mass is 9.92. The molecule has 1 unspecified atom stereocenters. The molecule has 182 valence electrons. The van der Waals surface area contributed by atoms with E-state index in [1.165, 1.54) is 18.4 Å². The lowest BCUT2D eigenvalue weighted by Crippen LogP contribution is -2.42. The van der Waals surface area contributed by atoms with Crippen LogP contribution in [0.3, 0.4) is 0 Å². The SMILES string of the molecule is CCOC(=O)c1c(CC(C)C)csc1NC(=O)CN1C(=O)NC(C)(c2cccc(OC)c2)C1=O. The maximum Gasteiger partial charge on any atom is 0.341 e. The molecule has 1 aromatic heterocycles. The van der Waals surface area contributed by atoms with Gasteiger partial charge in [0.1, 0.15) is 22.8 Å². The Morgan fingerprint density at radius 1 is 1.26 bits per heavy atom. The van der Waals surface area contributed by atoms with Crippen LogP contribution in [0.4, 0.5) is 9.80 Å². The Kier molecular flexibility index (Phi) is 7.61. The van der Waals surface area contributed by atoms with Crippen LogP contribution in [0, 0.1) is 5.92 Å². The second kappa shape index (κ2) is 10.3. The fourth-order valence-electron chi connectivity index (χ4n) is 3.78. The van der Waals surface area contributed by atoms with Crippen molar-refractivity contribution in [2.45, 2.75) is 39.7 Å². The summed E-state index contributed by atoms with van der Waals surface area (Å²) in [5, 5.41) is 7.50. The molecule has 0 radical (unpaired) electrons. The van der Waals surface area contributed by atoms with E-state index < -0.39 is 35.9 Å². The van der Waals surface area contributed by atoms with Crippen molar-refractivity contribution in [2.75, 3.05) is 25.6 Å². The molecule has 1 fully saturated rings. The van der Waals surface area contributed by atoms with Crippen molar-refractivity contribution in [2.24, 2.45) is 5.92 Å². The van der Waals surface area contributed by atoms with Gasteiger partial charge in [-0.05, 0) is 54.8 Å². The van der Waals surface area contributed by atoms with Crippen molar-refractivity contribution in [3.63, 3.8) is 0 Å². The lowest BCUT2D eigenvalue weighted by Gasteiger charge is -2.22. The number of hydrogen-bond donors (Lipinski definition) is 2. The number of amides is 4. The summed E-state index contributed by atoms with van der Waals surface area (Å²) in [6.45, 7) is 7.06. The number of carbonyl (C=O) groups excluding carboxylic acids is 4. The number of urea groups is 1. The minimum Gasteiger partial charge on any atom is -0.497 e. The summed E-state index contributed by atoms with van der Waals surface area (Å²) in [6.07, 6.45) is 0.645. The van der Waals surface area contributed by atoms with E-state index in [0.29, 0.717) is 34.2 Å². The molecule has 1 aliphatic heterocycles. The topological polar surface area (TPSA) is 114 Å². The Balaban J connectivity index is 1.79. The second-order valence-electron chi connectivity index (χ2n) is 8.51. The zero-order valence-electron chi connectivity index (χ0n) is 19.9. The summed E-state index contributed by atoms with van der Waals surface area (Å²) in [4.78, 5) is 52.0. The summed E-state index contributed by atoms with van der Waals surface area (Å²) >= 11 is 1.21. The maximum absolute atomic E-state index is 13.2. The molecule has 2 N–H and O–H groups in total. The van der Waals surface area contributed by atoms with Gasteiger partial charge in [0.15, 0.2) is 0 Å². The number of carbonyl (C=O) groups is 4. The van der Waals surface area contributed by atoms with E-state index in [1.54, 1.807) is 38.1 Å². The molecule has 0 bridgehead atoms. The van der Waals surface area contributed by atoms with Gasteiger partial charge >= 0.3 is 12.0 Å². The van der Waals surface area contributed by atoms with Crippen molar-refractivity contribution < 1.29 is 28.7 Å². The van der Waals surface area contributed by atoms with Crippen LogP contribution in [0.15, 0.2) is 29.6 Å². The van der Waals surface area contributed by atoms with Crippen LogP contribution in [0.1, 0.15) is 49.2 Å². The number of hydrogen-bond acceptors (Lipinski definition) is 7. The molecule has 10 heteroatoms. The average molecular weight is 488 g/mol. The Bertz CT molecular complexity index is 1110. The summed E-state index contributed by atoms with van der Waals surface area (Å²) in [5.41, 5.74) is 0.297. The number of rotatable bonds is 9. The smallest absolute Gasteiger partial charge is 0.341 e. The van der Waals surface area contributed by atoms with Crippen molar-refractivity contribution in [1.29, 1.82) is 0 Å². The highest BCUT2D eigenvalue weighted by Gasteiger charge is 2.49. The van der Waals surface area contributed by atoms with Gasteiger partial charge in [0, 0.05) is 0 Å².